The third kappa shape index (κ3) is 2.16. The van der Waals surface area contributed by atoms with E-state index in [4.69, 9.17) is 0 Å². The average Bonchev–Trinajstić information content (AvgIpc) is 2.29. The highest BCUT2D eigenvalue weighted by atomic mass is 79.9. The summed E-state index contributed by atoms with van der Waals surface area (Å²) in [6.07, 6.45) is -1.15. The zero-order valence-electron chi connectivity index (χ0n) is 8.65. The molecule has 0 aliphatic carbocycles. The minimum Gasteiger partial charge on any atom is -0.443 e. The maximum absolute atomic E-state index is 13.7. The number of cyclic esters (lactones) is 1. The first-order chi connectivity index (χ1) is 8.33. The van der Waals surface area contributed by atoms with Crippen LogP contribution in [0.25, 0.3) is 0 Å². The van der Waals surface area contributed by atoms with Gasteiger partial charge in [-0.15, -0.1) is 0 Å². The molecule has 98 valence electrons. The van der Waals surface area contributed by atoms with Gasteiger partial charge in [-0.2, -0.15) is 0 Å². The highest BCUT2D eigenvalue weighted by Gasteiger charge is 2.49. The molecule has 1 heterocycles. The van der Waals surface area contributed by atoms with Crippen molar-refractivity contribution in [3.8, 4) is 0 Å². The van der Waals surface area contributed by atoms with Gasteiger partial charge in [-0.1, -0.05) is 0 Å². The van der Waals surface area contributed by atoms with Crippen LogP contribution in [-0.2, 0) is 4.74 Å². The molecule has 0 unspecified atom stereocenters. The molecule has 0 bridgehead atoms. The Kier molecular flexibility index (Phi) is 3.22. The number of alkyl halides is 2. The fourth-order valence-electron chi connectivity index (χ4n) is 1.60. The van der Waals surface area contributed by atoms with Crippen LogP contribution in [0.3, 0.4) is 0 Å². The largest absolute Gasteiger partial charge is 0.443 e. The summed E-state index contributed by atoms with van der Waals surface area (Å²) in [6, 6.07) is -0.218. The van der Waals surface area contributed by atoms with Crippen LogP contribution in [0.4, 0.5) is 22.4 Å². The molecule has 1 amide bonds. The van der Waals surface area contributed by atoms with Crippen molar-refractivity contribution < 1.29 is 27.1 Å². The molecule has 1 aromatic rings. The molecular weight excluding hydrogens is 322 g/mol. The van der Waals surface area contributed by atoms with Gasteiger partial charge in [-0.3, -0.25) is 0 Å². The van der Waals surface area contributed by atoms with Crippen LogP contribution in [0.15, 0.2) is 16.6 Å². The van der Waals surface area contributed by atoms with Gasteiger partial charge in [-0.25, -0.2) is 22.4 Å². The highest BCUT2D eigenvalue weighted by molar-refractivity contribution is 9.10. The molecular formula is C10H6BrF4NO2. The van der Waals surface area contributed by atoms with Crippen molar-refractivity contribution in [1.82, 2.24) is 5.32 Å². The summed E-state index contributed by atoms with van der Waals surface area (Å²) in [5, 5.41) is 1.72. The summed E-state index contributed by atoms with van der Waals surface area (Å²) in [6.45, 7) is -1.23. The van der Waals surface area contributed by atoms with E-state index >= 15 is 0 Å². The van der Waals surface area contributed by atoms with Crippen LogP contribution in [0.2, 0.25) is 0 Å². The number of ether oxygens (including phenoxy) is 1. The number of nitrogens with one attached hydrogen (secondary N) is 1. The van der Waals surface area contributed by atoms with Gasteiger partial charge in [0.2, 0.25) is 0 Å². The summed E-state index contributed by atoms with van der Waals surface area (Å²) in [5.74, 6) is -5.94. The van der Waals surface area contributed by atoms with Gasteiger partial charge in [0.05, 0.1) is 10.0 Å². The van der Waals surface area contributed by atoms with Crippen LogP contribution < -0.4 is 5.32 Å². The Morgan fingerprint density at radius 3 is 2.72 bits per heavy atom. The normalized spacial score (nSPS) is 22.3. The number of halogens is 5. The van der Waals surface area contributed by atoms with Crippen LogP contribution in [0.5, 0.6) is 0 Å². The van der Waals surface area contributed by atoms with Crippen molar-refractivity contribution in [3.63, 3.8) is 0 Å². The lowest BCUT2D eigenvalue weighted by Gasteiger charge is -2.32. The lowest BCUT2D eigenvalue weighted by molar-refractivity contribution is -0.105. The molecule has 1 aromatic carbocycles. The first-order valence-electron chi connectivity index (χ1n) is 4.77. The van der Waals surface area contributed by atoms with Crippen LogP contribution in [0, 0.1) is 11.6 Å². The van der Waals surface area contributed by atoms with E-state index in [1.807, 2.05) is 0 Å². The SMILES string of the molecule is O=C1N[C@H](c2c(F)ccc(Br)c2F)C(F)(F)CO1. The Bertz CT molecular complexity index is 509. The van der Waals surface area contributed by atoms with Crippen molar-refractivity contribution in [3.05, 3.63) is 33.8 Å². The maximum Gasteiger partial charge on any atom is 0.408 e. The number of carbonyl (C=O) groups excluding carboxylic acids is 1. The summed E-state index contributed by atoms with van der Waals surface area (Å²) < 4.78 is 58.2. The third-order valence-electron chi connectivity index (χ3n) is 2.45. The minimum absolute atomic E-state index is 0.171. The molecule has 1 N–H and O–H groups in total. The van der Waals surface area contributed by atoms with Gasteiger partial charge >= 0.3 is 12.0 Å². The van der Waals surface area contributed by atoms with E-state index in [1.165, 1.54) is 0 Å². The van der Waals surface area contributed by atoms with Crippen molar-refractivity contribution >= 4 is 22.0 Å². The summed E-state index contributed by atoms with van der Waals surface area (Å²) >= 11 is 2.77. The number of benzene rings is 1. The monoisotopic (exact) mass is 327 g/mol. The molecule has 1 atom stereocenters. The van der Waals surface area contributed by atoms with Crippen molar-refractivity contribution in [2.45, 2.75) is 12.0 Å². The fraction of sp³-hybridized carbons (Fsp3) is 0.300. The molecule has 3 nitrogen and oxygen atoms in total. The molecule has 8 heteroatoms. The first-order valence-corrected chi connectivity index (χ1v) is 5.57. The topological polar surface area (TPSA) is 38.3 Å². The Labute approximate surface area is 107 Å². The second kappa shape index (κ2) is 4.42. The Morgan fingerprint density at radius 1 is 1.39 bits per heavy atom. The van der Waals surface area contributed by atoms with E-state index in [2.05, 4.69) is 20.7 Å². The van der Waals surface area contributed by atoms with Crippen molar-refractivity contribution in [1.29, 1.82) is 0 Å². The first kappa shape index (κ1) is 13.1. The molecule has 1 aliphatic rings. The number of amides is 1. The quantitative estimate of drug-likeness (QED) is 0.635. The molecule has 18 heavy (non-hydrogen) atoms. The molecule has 0 radical (unpaired) electrons. The predicted molar refractivity (Wildman–Crippen MR) is 56.2 cm³/mol. The standard InChI is InChI=1S/C10H6BrF4NO2/c11-4-1-2-5(12)6(7(4)13)8-10(14,15)3-18-9(17)16-8/h1-2,8H,3H2,(H,16,17)/t8-/m1/s1. The number of carbonyl (C=O) groups is 1. The number of alkyl carbamates (subject to hydrolysis) is 1. The van der Waals surface area contributed by atoms with Crippen LogP contribution in [-0.4, -0.2) is 18.6 Å². The third-order valence-corrected chi connectivity index (χ3v) is 3.06. The molecule has 0 saturated carbocycles. The van der Waals surface area contributed by atoms with Gasteiger partial charge in [-0.05, 0) is 28.1 Å². The second-order valence-electron chi connectivity index (χ2n) is 3.67. The molecule has 0 spiro atoms. The van der Waals surface area contributed by atoms with E-state index < -0.39 is 41.9 Å². The lowest BCUT2D eigenvalue weighted by atomic mass is 9.99. The maximum atomic E-state index is 13.7. The van der Waals surface area contributed by atoms with Gasteiger partial charge < -0.3 is 10.1 Å². The van der Waals surface area contributed by atoms with E-state index in [0.717, 1.165) is 12.1 Å². The molecule has 1 fully saturated rings. The lowest BCUT2D eigenvalue weighted by Crippen LogP contribution is -2.50. The molecule has 2 rings (SSSR count). The fourth-order valence-corrected chi connectivity index (χ4v) is 1.95. The van der Waals surface area contributed by atoms with E-state index in [1.54, 1.807) is 5.32 Å². The predicted octanol–water partition coefficient (Wildman–Crippen LogP) is 3.14. The molecule has 1 aliphatic heterocycles. The zero-order chi connectivity index (χ0) is 13.5. The number of rotatable bonds is 1. The minimum atomic E-state index is -3.60. The van der Waals surface area contributed by atoms with Gasteiger partial charge in [0.25, 0.3) is 0 Å². The summed E-state index contributed by atoms with van der Waals surface area (Å²) in [5.41, 5.74) is -0.897. The Balaban J connectivity index is 2.52. The Hall–Kier alpha value is -1.31. The highest BCUT2D eigenvalue weighted by Crippen LogP contribution is 2.38. The van der Waals surface area contributed by atoms with E-state index in [-0.39, 0.29) is 4.47 Å². The van der Waals surface area contributed by atoms with Crippen LogP contribution >= 0.6 is 15.9 Å². The molecule has 1 saturated heterocycles. The Morgan fingerprint density at radius 2 is 2.06 bits per heavy atom. The molecule has 0 aromatic heterocycles. The summed E-state index contributed by atoms with van der Waals surface area (Å²) in [7, 11) is 0. The number of hydrogen-bond donors (Lipinski definition) is 1. The van der Waals surface area contributed by atoms with E-state index in [9.17, 15) is 22.4 Å². The van der Waals surface area contributed by atoms with Gasteiger partial charge in [0.1, 0.15) is 17.7 Å². The summed E-state index contributed by atoms with van der Waals surface area (Å²) in [4.78, 5) is 10.9. The van der Waals surface area contributed by atoms with Crippen molar-refractivity contribution in [2.75, 3.05) is 6.61 Å². The number of hydrogen-bond acceptors (Lipinski definition) is 2. The van der Waals surface area contributed by atoms with Gasteiger partial charge in [0.15, 0.2) is 6.61 Å². The zero-order valence-corrected chi connectivity index (χ0v) is 10.2. The van der Waals surface area contributed by atoms with E-state index in [0.29, 0.717) is 0 Å². The van der Waals surface area contributed by atoms with Crippen molar-refractivity contribution in [2.24, 2.45) is 0 Å². The van der Waals surface area contributed by atoms with Gasteiger partial charge in [0, 0.05) is 0 Å². The van der Waals surface area contributed by atoms with Crippen LogP contribution in [0.1, 0.15) is 11.6 Å². The average molecular weight is 328 g/mol. The second-order valence-corrected chi connectivity index (χ2v) is 4.53. The smallest absolute Gasteiger partial charge is 0.408 e.